The lowest BCUT2D eigenvalue weighted by Crippen LogP contribution is -2.31. The number of ether oxygens (including phenoxy) is 2. The molecule has 1 rings (SSSR count). The Kier molecular flexibility index (Phi) is 6.61. The Hall–Kier alpha value is -2.52. The predicted molar refractivity (Wildman–Crippen MR) is 79.9 cm³/mol. The minimum Gasteiger partial charge on any atom is -0.366 e. The summed E-state index contributed by atoms with van der Waals surface area (Å²) >= 11 is 0. The largest absolute Gasteiger partial charge is 0.366 e. The zero-order valence-corrected chi connectivity index (χ0v) is 13.4. The van der Waals surface area contributed by atoms with Gasteiger partial charge in [0.2, 0.25) is 17.7 Å². The van der Waals surface area contributed by atoms with Gasteiger partial charge in [-0.2, -0.15) is 0 Å². The number of nitrogens with one attached hydrogen (secondary N) is 2. The summed E-state index contributed by atoms with van der Waals surface area (Å²) in [6.45, 7) is 2.64. The van der Waals surface area contributed by atoms with E-state index in [0.29, 0.717) is 0 Å². The number of nitrogens with two attached hydrogens (primary N) is 1. The van der Waals surface area contributed by atoms with E-state index in [0.717, 1.165) is 0 Å². The number of carbonyl (C=O) groups is 3. The Labute approximate surface area is 133 Å². The van der Waals surface area contributed by atoms with Crippen LogP contribution < -0.4 is 16.4 Å². The highest BCUT2D eigenvalue weighted by atomic mass is 16.5. The summed E-state index contributed by atoms with van der Waals surface area (Å²) in [5.74, 6) is -1.37. The first kappa shape index (κ1) is 18.5. The van der Waals surface area contributed by atoms with E-state index < -0.39 is 18.4 Å². The third-order valence-electron chi connectivity index (χ3n) is 2.83. The number of aromatic nitrogens is 1. The van der Waals surface area contributed by atoms with Crippen LogP contribution in [0.5, 0.6) is 0 Å². The van der Waals surface area contributed by atoms with E-state index in [1.165, 1.54) is 40.2 Å². The average Bonchev–Trinajstić information content (AvgIpc) is 2.49. The van der Waals surface area contributed by atoms with Crippen LogP contribution in [-0.4, -0.2) is 36.9 Å². The van der Waals surface area contributed by atoms with Gasteiger partial charge in [0.15, 0.2) is 12.5 Å². The molecule has 1 aromatic rings. The van der Waals surface area contributed by atoms with Crippen molar-refractivity contribution >= 4 is 17.7 Å². The van der Waals surface area contributed by atoms with Gasteiger partial charge in [-0.15, -0.1) is 0 Å². The molecule has 0 aliphatic heterocycles. The van der Waals surface area contributed by atoms with Crippen LogP contribution in [0.25, 0.3) is 0 Å². The zero-order valence-electron chi connectivity index (χ0n) is 13.4. The first-order valence-corrected chi connectivity index (χ1v) is 6.70. The molecule has 1 heterocycles. The van der Waals surface area contributed by atoms with Gasteiger partial charge in [0.25, 0.3) is 0 Å². The highest BCUT2D eigenvalue weighted by molar-refractivity contribution is 5.93. The van der Waals surface area contributed by atoms with E-state index in [9.17, 15) is 14.4 Å². The first-order valence-electron chi connectivity index (χ1n) is 6.70. The van der Waals surface area contributed by atoms with E-state index in [4.69, 9.17) is 15.2 Å². The summed E-state index contributed by atoms with van der Waals surface area (Å²) in [6.07, 6.45) is -1.75. The van der Waals surface area contributed by atoms with Gasteiger partial charge in [-0.25, -0.2) is 4.98 Å². The summed E-state index contributed by atoms with van der Waals surface area (Å²) in [7, 11) is 2.75. The minimum atomic E-state index is -0.875. The van der Waals surface area contributed by atoms with E-state index in [1.807, 2.05) is 0 Å². The second kappa shape index (κ2) is 8.20. The summed E-state index contributed by atoms with van der Waals surface area (Å²) in [4.78, 5) is 38.3. The topological polar surface area (TPSA) is 133 Å². The van der Waals surface area contributed by atoms with Gasteiger partial charge in [-0.3, -0.25) is 14.4 Å². The number of hydrogen-bond donors (Lipinski definition) is 3. The normalized spacial score (nSPS) is 13.0. The molecule has 0 aromatic carbocycles. The van der Waals surface area contributed by atoms with Crippen molar-refractivity contribution in [3.8, 4) is 0 Å². The number of nitrogens with zero attached hydrogens (tertiary/aromatic N) is 1. The monoisotopic (exact) mass is 324 g/mol. The molecule has 0 fully saturated rings. The molecule has 0 radical (unpaired) electrons. The van der Waals surface area contributed by atoms with Gasteiger partial charge in [0.1, 0.15) is 0 Å². The fraction of sp³-hybridized carbons (Fsp3) is 0.429. The molecule has 3 amide bonds. The maximum atomic E-state index is 11.5. The predicted octanol–water partition coefficient (Wildman–Crippen LogP) is -0.257. The Morgan fingerprint density at radius 1 is 1.00 bits per heavy atom. The molecule has 4 N–H and O–H groups in total. The third kappa shape index (κ3) is 5.31. The minimum absolute atomic E-state index is 0.143. The van der Waals surface area contributed by atoms with Gasteiger partial charge >= 0.3 is 0 Å². The fourth-order valence-corrected chi connectivity index (χ4v) is 1.86. The average molecular weight is 324 g/mol. The lowest BCUT2D eigenvalue weighted by molar-refractivity contribution is -0.123. The standard InChI is InChI=1S/C14H20N4O5/c1-7(19)16-13(22-3)10-5-9(12(15)21)6-11(18-10)14(23-4)17-8(2)20/h5-6,13-14H,1-4H3,(H2,15,21)(H,16,19)(H,17,20). The SMILES string of the molecule is COC(NC(C)=O)c1cc(C(N)=O)cc(C(NC(C)=O)OC)n1. The lowest BCUT2D eigenvalue weighted by Gasteiger charge is -2.20. The summed E-state index contributed by atoms with van der Waals surface area (Å²) in [5, 5.41) is 5.07. The number of primary amides is 1. The molecule has 0 spiro atoms. The molecule has 9 heteroatoms. The maximum absolute atomic E-state index is 11.5. The highest BCUT2D eigenvalue weighted by Crippen LogP contribution is 2.19. The molecule has 9 nitrogen and oxygen atoms in total. The zero-order chi connectivity index (χ0) is 17.6. The number of rotatable bonds is 7. The molecule has 23 heavy (non-hydrogen) atoms. The van der Waals surface area contributed by atoms with Crippen molar-refractivity contribution in [3.05, 3.63) is 29.1 Å². The number of methoxy groups -OCH3 is 2. The Bertz CT molecular complexity index is 563. The van der Waals surface area contributed by atoms with Crippen molar-refractivity contribution in [1.82, 2.24) is 15.6 Å². The van der Waals surface area contributed by atoms with Gasteiger partial charge in [-0.05, 0) is 12.1 Å². The van der Waals surface area contributed by atoms with Crippen LogP contribution in [0, 0.1) is 0 Å². The second-order valence-electron chi connectivity index (χ2n) is 4.70. The molecule has 2 atom stereocenters. The van der Waals surface area contributed by atoms with E-state index in [1.54, 1.807) is 0 Å². The molecule has 0 saturated carbocycles. The van der Waals surface area contributed by atoms with Crippen LogP contribution in [-0.2, 0) is 19.1 Å². The fourth-order valence-electron chi connectivity index (χ4n) is 1.86. The van der Waals surface area contributed by atoms with Crippen LogP contribution in [0.1, 0.15) is 48.0 Å². The Morgan fingerprint density at radius 2 is 1.39 bits per heavy atom. The van der Waals surface area contributed by atoms with Gasteiger partial charge in [0.05, 0.1) is 11.4 Å². The lowest BCUT2D eigenvalue weighted by atomic mass is 10.1. The second-order valence-corrected chi connectivity index (χ2v) is 4.70. The highest BCUT2D eigenvalue weighted by Gasteiger charge is 2.21. The summed E-state index contributed by atoms with van der Waals surface area (Å²) in [5.41, 5.74) is 5.96. The molecule has 126 valence electrons. The molecule has 0 bridgehead atoms. The van der Waals surface area contributed by atoms with Crippen molar-refractivity contribution in [2.45, 2.75) is 26.3 Å². The molecule has 1 aromatic heterocycles. The van der Waals surface area contributed by atoms with Crippen LogP contribution in [0.2, 0.25) is 0 Å². The number of amides is 3. The smallest absolute Gasteiger partial charge is 0.248 e. The van der Waals surface area contributed by atoms with Crippen LogP contribution in [0.15, 0.2) is 12.1 Å². The number of hydrogen-bond acceptors (Lipinski definition) is 6. The third-order valence-corrected chi connectivity index (χ3v) is 2.83. The van der Waals surface area contributed by atoms with Gasteiger partial charge < -0.3 is 25.8 Å². The van der Waals surface area contributed by atoms with Crippen molar-refractivity contribution in [3.63, 3.8) is 0 Å². The molecule has 0 saturated heterocycles. The molecular weight excluding hydrogens is 304 g/mol. The summed E-state index contributed by atoms with van der Waals surface area (Å²) in [6, 6.07) is 2.80. The first-order chi connectivity index (χ1) is 10.8. The molecule has 2 unspecified atom stereocenters. The van der Waals surface area contributed by atoms with E-state index >= 15 is 0 Å². The van der Waals surface area contributed by atoms with Crippen molar-refractivity contribution in [2.75, 3.05) is 14.2 Å². The Morgan fingerprint density at radius 3 is 1.65 bits per heavy atom. The molecule has 0 aliphatic carbocycles. The summed E-state index contributed by atoms with van der Waals surface area (Å²) < 4.78 is 10.3. The van der Waals surface area contributed by atoms with E-state index in [2.05, 4.69) is 15.6 Å². The van der Waals surface area contributed by atoms with Gasteiger partial charge in [-0.1, -0.05) is 0 Å². The quantitative estimate of drug-likeness (QED) is 0.592. The van der Waals surface area contributed by atoms with Crippen LogP contribution in [0.3, 0.4) is 0 Å². The van der Waals surface area contributed by atoms with Gasteiger partial charge in [0, 0.05) is 33.6 Å². The number of carbonyl (C=O) groups excluding carboxylic acids is 3. The maximum Gasteiger partial charge on any atom is 0.248 e. The van der Waals surface area contributed by atoms with Crippen molar-refractivity contribution in [1.29, 1.82) is 0 Å². The van der Waals surface area contributed by atoms with E-state index in [-0.39, 0.29) is 28.8 Å². The number of pyridine rings is 1. The van der Waals surface area contributed by atoms with Crippen LogP contribution >= 0.6 is 0 Å². The van der Waals surface area contributed by atoms with Crippen molar-refractivity contribution in [2.24, 2.45) is 5.73 Å². The van der Waals surface area contributed by atoms with Crippen molar-refractivity contribution < 1.29 is 23.9 Å². The van der Waals surface area contributed by atoms with Crippen LogP contribution in [0.4, 0.5) is 0 Å². The molecular formula is C14H20N4O5. The Balaban J connectivity index is 3.33. The molecule has 0 aliphatic rings.